The number of rotatable bonds is 5. The molecule has 3 aliphatic rings. The molecule has 1 aliphatic carbocycles. The van der Waals surface area contributed by atoms with Gasteiger partial charge < -0.3 is 23.8 Å². The van der Waals surface area contributed by atoms with Crippen LogP contribution in [0.1, 0.15) is 41.7 Å². The maximum atomic E-state index is 14.8. The molecule has 232 valence electrons. The molecule has 0 unspecified atom stereocenters. The molecule has 2 aliphatic heterocycles. The molecular weight excluding hydrogens is 577 g/mol. The minimum atomic E-state index is -0.927. The first-order chi connectivity index (χ1) is 22.3. The minimum absolute atomic E-state index is 0.225. The number of ether oxygens (including phenoxy) is 4. The first-order valence-electron chi connectivity index (χ1n) is 15.8. The van der Waals surface area contributed by atoms with Gasteiger partial charge >= 0.3 is 0 Å². The third kappa shape index (κ3) is 4.23. The van der Waals surface area contributed by atoms with Crippen LogP contribution in [-0.2, 0) is 15.8 Å². The highest BCUT2D eigenvalue weighted by atomic mass is 19.1. The molecule has 5 nitrogen and oxygen atoms in total. The molecule has 2 heterocycles. The van der Waals surface area contributed by atoms with Crippen molar-refractivity contribution < 1.29 is 23.3 Å². The van der Waals surface area contributed by atoms with Crippen LogP contribution in [0.4, 0.5) is 10.1 Å². The summed E-state index contributed by atoms with van der Waals surface area (Å²) in [7, 11) is 3.35. The minimum Gasteiger partial charge on any atom is -0.497 e. The van der Waals surface area contributed by atoms with Crippen LogP contribution in [0.3, 0.4) is 0 Å². The van der Waals surface area contributed by atoms with E-state index in [2.05, 4.69) is 73.4 Å². The average Bonchev–Trinajstić information content (AvgIpc) is 3.34. The van der Waals surface area contributed by atoms with Crippen molar-refractivity contribution in [2.45, 2.75) is 24.9 Å². The maximum Gasteiger partial charge on any atom is 0.178 e. The zero-order valence-corrected chi connectivity index (χ0v) is 26.5. The Labute approximate surface area is 268 Å². The molecular formula is C40H36FNO4. The number of morpholine rings is 1. The van der Waals surface area contributed by atoms with E-state index in [4.69, 9.17) is 18.9 Å². The topological polar surface area (TPSA) is 40.2 Å². The van der Waals surface area contributed by atoms with Crippen LogP contribution in [0.2, 0.25) is 0 Å². The van der Waals surface area contributed by atoms with Crippen LogP contribution in [0.25, 0.3) is 28.0 Å². The Bertz CT molecular complexity index is 1960. The van der Waals surface area contributed by atoms with Crippen molar-refractivity contribution >= 4 is 22.5 Å². The van der Waals surface area contributed by atoms with Gasteiger partial charge in [-0.2, -0.15) is 0 Å². The quantitative estimate of drug-likeness (QED) is 0.199. The predicted molar refractivity (Wildman–Crippen MR) is 181 cm³/mol. The zero-order valence-electron chi connectivity index (χ0n) is 26.5. The van der Waals surface area contributed by atoms with E-state index in [0.29, 0.717) is 13.2 Å². The number of hydrogen-bond donors (Lipinski definition) is 0. The van der Waals surface area contributed by atoms with Gasteiger partial charge in [0.25, 0.3) is 0 Å². The van der Waals surface area contributed by atoms with E-state index in [0.717, 1.165) is 85.7 Å². The van der Waals surface area contributed by atoms with Crippen LogP contribution in [0.15, 0.2) is 91.0 Å². The summed E-state index contributed by atoms with van der Waals surface area (Å²) in [5.74, 6) is 2.15. The van der Waals surface area contributed by atoms with Gasteiger partial charge in [0.2, 0.25) is 0 Å². The van der Waals surface area contributed by atoms with Crippen molar-refractivity contribution in [3.05, 3.63) is 125 Å². The second kappa shape index (κ2) is 10.6. The number of hydrogen-bond acceptors (Lipinski definition) is 5. The Morgan fingerprint density at radius 3 is 2.04 bits per heavy atom. The summed E-state index contributed by atoms with van der Waals surface area (Å²) < 4.78 is 38.9. The molecule has 8 rings (SSSR count). The van der Waals surface area contributed by atoms with Gasteiger partial charge in [-0.1, -0.05) is 56.3 Å². The van der Waals surface area contributed by atoms with E-state index in [9.17, 15) is 4.39 Å². The number of methoxy groups -OCH3 is 2. The monoisotopic (exact) mass is 613 g/mol. The van der Waals surface area contributed by atoms with E-state index in [1.165, 1.54) is 0 Å². The molecule has 0 bridgehead atoms. The molecule has 0 saturated carbocycles. The van der Waals surface area contributed by atoms with E-state index >= 15 is 0 Å². The Hall–Kier alpha value is -4.81. The van der Waals surface area contributed by atoms with Crippen molar-refractivity contribution in [2.24, 2.45) is 0 Å². The normalized spacial score (nSPS) is 17.2. The Morgan fingerprint density at radius 1 is 0.761 bits per heavy atom. The summed E-state index contributed by atoms with van der Waals surface area (Å²) in [4.78, 5) is 2.37. The summed E-state index contributed by atoms with van der Waals surface area (Å²) in [6, 6.07) is 28.0. The Kier molecular flexibility index (Phi) is 6.62. The number of halogens is 1. The standard InChI is InChI=1S/C40H36FNO4/c1-39(2)35-23-27(41)9-15-32(35)36-31-16-10-28(42-19-21-45-22-20-42)24-34(31)38-33(37(36)39)17-18-40(46-38,25-5-11-29(43-3)12-6-25)26-7-13-30(44-4)14-8-26/h5-18,23-24H,19-22H2,1-4H3. The van der Waals surface area contributed by atoms with E-state index in [1.807, 2.05) is 30.3 Å². The van der Waals surface area contributed by atoms with Crippen LogP contribution in [0, 0.1) is 5.82 Å². The van der Waals surface area contributed by atoms with Crippen LogP contribution in [-0.4, -0.2) is 40.5 Å². The number of fused-ring (bicyclic) bond motifs is 8. The fourth-order valence-electron chi connectivity index (χ4n) is 7.62. The molecule has 1 fully saturated rings. The lowest BCUT2D eigenvalue weighted by molar-refractivity contribution is 0.122. The molecule has 0 radical (unpaired) electrons. The van der Waals surface area contributed by atoms with Gasteiger partial charge in [-0.05, 0) is 82.2 Å². The first-order valence-corrected chi connectivity index (χ1v) is 15.8. The summed E-state index contributed by atoms with van der Waals surface area (Å²) in [6.45, 7) is 7.43. The summed E-state index contributed by atoms with van der Waals surface area (Å²) in [5, 5.41) is 2.12. The number of nitrogens with zero attached hydrogens (tertiary/aromatic N) is 1. The highest BCUT2D eigenvalue weighted by Crippen LogP contribution is 2.58. The average molecular weight is 614 g/mol. The largest absolute Gasteiger partial charge is 0.497 e. The van der Waals surface area contributed by atoms with E-state index < -0.39 is 11.0 Å². The first kappa shape index (κ1) is 28.6. The highest BCUT2D eigenvalue weighted by Gasteiger charge is 2.44. The molecule has 0 aromatic heterocycles. The third-order valence-corrected chi connectivity index (χ3v) is 9.99. The second-order valence-corrected chi connectivity index (χ2v) is 12.8. The fourth-order valence-corrected chi connectivity index (χ4v) is 7.62. The van der Waals surface area contributed by atoms with Gasteiger partial charge in [-0.25, -0.2) is 4.39 Å². The van der Waals surface area contributed by atoms with E-state index in [-0.39, 0.29) is 5.82 Å². The van der Waals surface area contributed by atoms with Gasteiger partial charge in [0.1, 0.15) is 23.1 Å². The SMILES string of the molecule is COc1ccc(C2(c3ccc(OC)cc3)C=Cc3c4c(c5ccc(N6CCOCC6)cc5c3O2)-c2ccc(F)cc2C4(C)C)cc1. The van der Waals surface area contributed by atoms with Crippen molar-refractivity contribution in [3.8, 4) is 28.4 Å². The lowest BCUT2D eigenvalue weighted by Gasteiger charge is -2.38. The second-order valence-electron chi connectivity index (χ2n) is 12.8. The highest BCUT2D eigenvalue weighted by molar-refractivity contribution is 6.09. The zero-order chi connectivity index (χ0) is 31.6. The van der Waals surface area contributed by atoms with Gasteiger partial charge in [0, 0.05) is 46.3 Å². The van der Waals surface area contributed by atoms with Crippen molar-refractivity contribution in [1.82, 2.24) is 0 Å². The molecule has 5 aromatic rings. The fraction of sp³-hybridized carbons (Fsp3) is 0.250. The lowest BCUT2D eigenvalue weighted by Crippen LogP contribution is -2.36. The number of anilines is 1. The van der Waals surface area contributed by atoms with Crippen LogP contribution < -0.4 is 19.1 Å². The van der Waals surface area contributed by atoms with Gasteiger partial charge in [0.05, 0.1) is 27.4 Å². The molecule has 0 N–H and O–H groups in total. The van der Waals surface area contributed by atoms with E-state index in [1.54, 1.807) is 26.4 Å². The molecule has 5 aromatic carbocycles. The number of benzene rings is 5. The summed E-state index contributed by atoms with van der Waals surface area (Å²) >= 11 is 0. The Morgan fingerprint density at radius 2 is 1.41 bits per heavy atom. The van der Waals surface area contributed by atoms with Crippen LogP contribution >= 0.6 is 0 Å². The molecule has 0 spiro atoms. The van der Waals surface area contributed by atoms with Gasteiger partial charge in [0.15, 0.2) is 5.60 Å². The van der Waals surface area contributed by atoms with Crippen molar-refractivity contribution in [2.75, 3.05) is 45.4 Å². The van der Waals surface area contributed by atoms with Gasteiger partial charge in [-0.15, -0.1) is 0 Å². The maximum absolute atomic E-state index is 14.8. The molecule has 46 heavy (non-hydrogen) atoms. The summed E-state index contributed by atoms with van der Waals surface area (Å²) in [6.07, 6.45) is 4.38. The van der Waals surface area contributed by atoms with Gasteiger partial charge in [-0.3, -0.25) is 0 Å². The van der Waals surface area contributed by atoms with Crippen molar-refractivity contribution in [1.29, 1.82) is 0 Å². The predicted octanol–water partition coefficient (Wildman–Crippen LogP) is 8.49. The lowest BCUT2D eigenvalue weighted by atomic mass is 9.76. The molecule has 6 heteroatoms. The smallest absolute Gasteiger partial charge is 0.178 e. The molecule has 0 atom stereocenters. The van der Waals surface area contributed by atoms with Crippen molar-refractivity contribution in [3.63, 3.8) is 0 Å². The Balaban J connectivity index is 1.42. The molecule has 0 amide bonds. The van der Waals surface area contributed by atoms with Crippen LogP contribution in [0.5, 0.6) is 17.2 Å². The third-order valence-electron chi connectivity index (χ3n) is 9.99. The molecule has 1 saturated heterocycles. The summed E-state index contributed by atoms with van der Waals surface area (Å²) in [5.41, 5.74) is 7.11.